The standard InChI is InChI=1S/C18H21NO4S/c1-12-8-13(2)17(14(3)9-12)24(21,22)19-11-15-6-5-7-16(10-15)18(20)23-4/h5-10,19H,11H2,1-4H3. The van der Waals surface area contributed by atoms with Crippen molar-refractivity contribution in [2.45, 2.75) is 32.2 Å². The van der Waals surface area contributed by atoms with Crippen LogP contribution in [0.5, 0.6) is 0 Å². The predicted octanol–water partition coefficient (Wildman–Crippen LogP) is 2.88. The minimum atomic E-state index is -3.64. The number of ether oxygens (including phenoxy) is 1. The van der Waals surface area contributed by atoms with Crippen molar-refractivity contribution >= 4 is 16.0 Å². The Labute approximate surface area is 142 Å². The van der Waals surface area contributed by atoms with E-state index in [0.717, 1.165) is 5.56 Å². The highest BCUT2D eigenvalue weighted by molar-refractivity contribution is 7.89. The molecule has 2 aromatic rings. The molecule has 1 N–H and O–H groups in total. The SMILES string of the molecule is COC(=O)c1cccc(CNS(=O)(=O)c2c(C)cc(C)cc2C)c1. The summed E-state index contributed by atoms with van der Waals surface area (Å²) in [6.07, 6.45) is 0. The average molecular weight is 347 g/mol. The van der Waals surface area contributed by atoms with Crippen LogP contribution in [-0.2, 0) is 21.3 Å². The second-order valence-electron chi connectivity index (χ2n) is 5.74. The van der Waals surface area contributed by atoms with E-state index in [9.17, 15) is 13.2 Å². The molecular formula is C18H21NO4S. The summed E-state index contributed by atoms with van der Waals surface area (Å²) < 4.78 is 32.5. The van der Waals surface area contributed by atoms with E-state index in [0.29, 0.717) is 27.1 Å². The third-order valence-electron chi connectivity index (χ3n) is 3.69. The van der Waals surface area contributed by atoms with Gasteiger partial charge in [0.15, 0.2) is 0 Å². The number of methoxy groups -OCH3 is 1. The van der Waals surface area contributed by atoms with E-state index >= 15 is 0 Å². The molecule has 0 atom stereocenters. The molecular weight excluding hydrogens is 326 g/mol. The fourth-order valence-electron chi connectivity index (χ4n) is 2.77. The molecule has 24 heavy (non-hydrogen) atoms. The van der Waals surface area contributed by atoms with Crippen LogP contribution >= 0.6 is 0 Å². The molecule has 0 aliphatic heterocycles. The summed E-state index contributed by atoms with van der Waals surface area (Å²) in [6.45, 7) is 5.60. The van der Waals surface area contributed by atoms with Crippen LogP contribution in [0.15, 0.2) is 41.3 Å². The van der Waals surface area contributed by atoms with Crippen molar-refractivity contribution in [1.82, 2.24) is 4.72 Å². The maximum absolute atomic E-state index is 12.6. The monoisotopic (exact) mass is 347 g/mol. The number of benzene rings is 2. The van der Waals surface area contributed by atoms with Gasteiger partial charge in [-0.3, -0.25) is 0 Å². The zero-order valence-electron chi connectivity index (χ0n) is 14.2. The Hall–Kier alpha value is -2.18. The third-order valence-corrected chi connectivity index (χ3v) is 5.39. The van der Waals surface area contributed by atoms with Gasteiger partial charge in [0.05, 0.1) is 17.6 Å². The Morgan fingerprint density at radius 3 is 2.29 bits per heavy atom. The van der Waals surface area contributed by atoms with E-state index < -0.39 is 16.0 Å². The van der Waals surface area contributed by atoms with Crippen molar-refractivity contribution in [3.8, 4) is 0 Å². The van der Waals surface area contributed by atoms with Gasteiger partial charge in [0.25, 0.3) is 0 Å². The summed E-state index contributed by atoms with van der Waals surface area (Å²) in [5, 5.41) is 0. The Bertz CT molecular complexity index is 849. The number of rotatable bonds is 5. The molecule has 2 rings (SSSR count). The average Bonchev–Trinajstić information content (AvgIpc) is 2.51. The van der Waals surface area contributed by atoms with Gasteiger partial charge in [-0.25, -0.2) is 17.9 Å². The Morgan fingerprint density at radius 1 is 1.08 bits per heavy atom. The van der Waals surface area contributed by atoms with Gasteiger partial charge in [-0.15, -0.1) is 0 Å². The number of hydrogen-bond acceptors (Lipinski definition) is 4. The number of sulfonamides is 1. The molecule has 0 aliphatic rings. The molecule has 128 valence electrons. The molecule has 0 bridgehead atoms. The Kier molecular flexibility index (Phi) is 5.41. The number of nitrogens with one attached hydrogen (secondary N) is 1. The molecule has 0 radical (unpaired) electrons. The number of hydrogen-bond donors (Lipinski definition) is 1. The van der Waals surface area contributed by atoms with Crippen LogP contribution in [0.4, 0.5) is 0 Å². The van der Waals surface area contributed by atoms with Gasteiger partial charge in [-0.1, -0.05) is 29.8 Å². The lowest BCUT2D eigenvalue weighted by atomic mass is 10.1. The summed E-state index contributed by atoms with van der Waals surface area (Å²) in [4.78, 5) is 11.9. The number of carbonyl (C=O) groups is 1. The summed E-state index contributed by atoms with van der Waals surface area (Å²) >= 11 is 0. The predicted molar refractivity (Wildman–Crippen MR) is 92.5 cm³/mol. The van der Waals surface area contributed by atoms with Crippen molar-refractivity contribution in [2.75, 3.05) is 7.11 Å². The van der Waals surface area contributed by atoms with Gasteiger partial charge in [0.2, 0.25) is 10.0 Å². The van der Waals surface area contributed by atoms with E-state index in [4.69, 9.17) is 0 Å². The smallest absolute Gasteiger partial charge is 0.337 e. The Morgan fingerprint density at radius 2 is 1.71 bits per heavy atom. The number of esters is 1. The summed E-state index contributed by atoms with van der Waals surface area (Å²) in [6, 6.07) is 10.4. The lowest BCUT2D eigenvalue weighted by Crippen LogP contribution is -2.25. The van der Waals surface area contributed by atoms with E-state index in [1.54, 1.807) is 38.1 Å². The van der Waals surface area contributed by atoms with Crippen LogP contribution in [0.1, 0.15) is 32.6 Å². The van der Waals surface area contributed by atoms with Crippen LogP contribution in [0, 0.1) is 20.8 Å². The molecule has 0 saturated carbocycles. The molecule has 0 saturated heterocycles. The molecule has 5 nitrogen and oxygen atoms in total. The van der Waals surface area contributed by atoms with Crippen LogP contribution < -0.4 is 4.72 Å². The molecule has 0 spiro atoms. The minimum absolute atomic E-state index is 0.0971. The van der Waals surface area contributed by atoms with Crippen molar-refractivity contribution in [3.05, 3.63) is 64.2 Å². The molecule has 0 unspecified atom stereocenters. The zero-order chi connectivity index (χ0) is 17.9. The van der Waals surface area contributed by atoms with E-state index in [-0.39, 0.29) is 6.54 Å². The van der Waals surface area contributed by atoms with E-state index in [1.807, 2.05) is 19.1 Å². The van der Waals surface area contributed by atoms with Crippen LogP contribution in [-0.4, -0.2) is 21.5 Å². The fraction of sp³-hybridized carbons (Fsp3) is 0.278. The molecule has 0 amide bonds. The highest BCUT2D eigenvalue weighted by Gasteiger charge is 2.19. The molecule has 0 aromatic heterocycles. The van der Waals surface area contributed by atoms with Crippen molar-refractivity contribution in [1.29, 1.82) is 0 Å². The molecule has 0 aliphatic carbocycles. The second kappa shape index (κ2) is 7.15. The van der Waals surface area contributed by atoms with E-state index in [1.165, 1.54) is 7.11 Å². The number of aryl methyl sites for hydroxylation is 3. The van der Waals surface area contributed by atoms with Gasteiger partial charge >= 0.3 is 5.97 Å². The normalized spacial score (nSPS) is 11.3. The quantitative estimate of drug-likeness (QED) is 0.844. The first-order chi connectivity index (χ1) is 11.2. The van der Waals surface area contributed by atoms with Gasteiger partial charge < -0.3 is 4.74 Å². The summed E-state index contributed by atoms with van der Waals surface area (Å²) in [5.74, 6) is -0.454. The number of carbonyl (C=O) groups excluding carboxylic acids is 1. The maximum Gasteiger partial charge on any atom is 0.337 e. The summed E-state index contributed by atoms with van der Waals surface area (Å²) in [5.41, 5.74) is 3.52. The van der Waals surface area contributed by atoms with Gasteiger partial charge in [-0.2, -0.15) is 0 Å². The lowest BCUT2D eigenvalue weighted by molar-refractivity contribution is 0.0600. The van der Waals surface area contributed by atoms with Gasteiger partial charge in [0, 0.05) is 6.54 Å². The van der Waals surface area contributed by atoms with Crippen LogP contribution in [0.3, 0.4) is 0 Å². The largest absolute Gasteiger partial charge is 0.465 e. The van der Waals surface area contributed by atoms with Crippen LogP contribution in [0.25, 0.3) is 0 Å². The minimum Gasteiger partial charge on any atom is -0.465 e. The third kappa shape index (κ3) is 4.01. The first-order valence-corrected chi connectivity index (χ1v) is 8.97. The second-order valence-corrected chi connectivity index (χ2v) is 7.45. The zero-order valence-corrected chi connectivity index (χ0v) is 15.0. The highest BCUT2D eigenvalue weighted by atomic mass is 32.2. The maximum atomic E-state index is 12.6. The molecule has 2 aromatic carbocycles. The van der Waals surface area contributed by atoms with Gasteiger partial charge in [0.1, 0.15) is 0 Å². The first-order valence-electron chi connectivity index (χ1n) is 7.49. The van der Waals surface area contributed by atoms with Crippen molar-refractivity contribution in [2.24, 2.45) is 0 Å². The fourth-order valence-corrected chi connectivity index (χ4v) is 4.23. The Balaban J connectivity index is 2.24. The highest BCUT2D eigenvalue weighted by Crippen LogP contribution is 2.21. The van der Waals surface area contributed by atoms with Crippen LogP contribution in [0.2, 0.25) is 0 Å². The van der Waals surface area contributed by atoms with Crippen molar-refractivity contribution in [3.63, 3.8) is 0 Å². The lowest BCUT2D eigenvalue weighted by Gasteiger charge is -2.13. The van der Waals surface area contributed by atoms with Gasteiger partial charge in [-0.05, 0) is 49.6 Å². The first kappa shape index (κ1) is 18.2. The topological polar surface area (TPSA) is 72.5 Å². The molecule has 0 fully saturated rings. The summed E-state index contributed by atoms with van der Waals surface area (Å²) in [7, 11) is -2.34. The van der Waals surface area contributed by atoms with E-state index in [2.05, 4.69) is 9.46 Å². The molecule has 0 heterocycles. The van der Waals surface area contributed by atoms with Crippen molar-refractivity contribution < 1.29 is 17.9 Å². The molecule has 6 heteroatoms.